The fourth-order valence-corrected chi connectivity index (χ4v) is 5.54. The van der Waals surface area contributed by atoms with Crippen molar-refractivity contribution in [1.82, 2.24) is 15.0 Å². The summed E-state index contributed by atoms with van der Waals surface area (Å²) in [4.78, 5) is 15.8. The molecule has 0 spiro atoms. The van der Waals surface area contributed by atoms with E-state index >= 15 is 0 Å². The topological polar surface area (TPSA) is 67.8 Å². The first-order chi connectivity index (χ1) is 15.3. The summed E-state index contributed by atoms with van der Waals surface area (Å²) in [6, 6.07) is 10.4. The Bertz CT molecular complexity index is 952. The number of methoxy groups -OCH3 is 1. The fraction of sp³-hybridized carbons (Fsp3) is 0.542. The number of fused-ring (bicyclic) bond motifs is 2. The van der Waals surface area contributed by atoms with Crippen LogP contribution in [-0.4, -0.2) is 66.7 Å². The van der Waals surface area contributed by atoms with Crippen molar-refractivity contribution in [2.45, 2.75) is 63.6 Å². The molecule has 4 rings (SSSR count). The number of nitrogens with zero attached hydrogens (tertiary/aromatic N) is 4. The van der Waals surface area contributed by atoms with Crippen LogP contribution < -0.4 is 9.64 Å². The summed E-state index contributed by atoms with van der Waals surface area (Å²) in [5, 5.41) is 9.08. The van der Waals surface area contributed by atoms with E-state index < -0.39 is 0 Å². The summed E-state index contributed by atoms with van der Waals surface area (Å²) in [6.07, 6.45) is 5.09. The molecule has 1 aromatic heterocycles. The van der Waals surface area contributed by atoms with Crippen LogP contribution in [-0.2, 0) is 9.53 Å². The highest BCUT2D eigenvalue weighted by molar-refractivity contribution is 6.64. The second kappa shape index (κ2) is 8.83. The van der Waals surface area contributed by atoms with Gasteiger partial charge in [0.15, 0.2) is 12.6 Å². The lowest BCUT2D eigenvalue weighted by Gasteiger charge is -2.52. The number of benzene rings is 1. The quantitative estimate of drug-likeness (QED) is 0.357. The number of carbonyl (C=O) groups excluding carboxylic acids is 1. The highest BCUT2D eigenvalue weighted by Crippen LogP contribution is 2.50. The monoisotopic (exact) mass is 435 g/mol. The van der Waals surface area contributed by atoms with Crippen LogP contribution in [0, 0.1) is 6.92 Å². The molecule has 3 heterocycles. The summed E-state index contributed by atoms with van der Waals surface area (Å²) in [5.41, 5.74) is 2.76. The highest BCUT2D eigenvalue weighted by atomic mass is 16.7. The van der Waals surface area contributed by atoms with Crippen LogP contribution in [0.2, 0.25) is 0 Å². The lowest BCUT2D eigenvalue weighted by molar-refractivity contribution is 0.0515. The third-order valence-corrected chi connectivity index (χ3v) is 7.23. The molecule has 2 aromatic rings. The largest absolute Gasteiger partial charge is 0.467 e. The number of aryl methyl sites for hydroxylation is 1. The first-order valence-corrected chi connectivity index (χ1v) is 11.2. The normalized spacial score (nSPS) is 27.2. The van der Waals surface area contributed by atoms with E-state index in [1.807, 2.05) is 37.3 Å². The molecule has 3 atom stereocenters. The maximum absolute atomic E-state index is 11.2. The van der Waals surface area contributed by atoms with Gasteiger partial charge in [-0.2, -0.15) is 0 Å². The lowest BCUT2D eigenvalue weighted by atomic mass is 9.73. The fourth-order valence-electron chi connectivity index (χ4n) is 5.54. The third-order valence-electron chi connectivity index (χ3n) is 7.23. The maximum atomic E-state index is 11.2. The van der Waals surface area contributed by atoms with Crippen LogP contribution in [0.15, 0.2) is 30.3 Å². The van der Waals surface area contributed by atoms with Crippen molar-refractivity contribution in [3.8, 4) is 17.0 Å². The molecule has 2 aliphatic rings. The van der Waals surface area contributed by atoms with E-state index in [4.69, 9.17) is 9.47 Å². The van der Waals surface area contributed by atoms with Gasteiger partial charge >= 0.3 is 0 Å². The van der Waals surface area contributed by atoms with Gasteiger partial charge in [0.2, 0.25) is 0 Å². The number of carbonyl (C=O) groups is 1. The minimum Gasteiger partial charge on any atom is -0.467 e. The van der Waals surface area contributed by atoms with E-state index in [1.54, 1.807) is 14.5 Å². The average Bonchev–Trinajstić information content (AvgIpc) is 2.93. The van der Waals surface area contributed by atoms with Crippen LogP contribution in [0.1, 0.15) is 45.1 Å². The van der Waals surface area contributed by atoms with Crippen molar-refractivity contribution in [2.24, 2.45) is 0 Å². The van der Waals surface area contributed by atoms with Gasteiger partial charge in [0.1, 0.15) is 5.75 Å². The summed E-state index contributed by atoms with van der Waals surface area (Å²) in [6.45, 7) is 6.75. The Morgan fingerprint density at radius 1 is 1.19 bits per heavy atom. The third kappa shape index (κ3) is 4.13. The minimum absolute atomic E-state index is 0.00427. The van der Waals surface area contributed by atoms with Gasteiger partial charge in [-0.1, -0.05) is 6.07 Å². The molecule has 0 aliphatic carbocycles. The second-order valence-electron chi connectivity index (χ2n) is 9.65. The van der Waals surface area contributed by atoms with Gasteiger partial charge in [-0.05, 0) is 76.3 Å². The highest BCUT2D eigenvalue weighted by Gasteiger charge is 2.55. The van der Waals surface area contributed by atoms with Crippen molar-refractivity contribution in [3.63, 3.8) is 0 Å². The van der Waals surface area contributed by atoms with Gasteiger partial charge in [0, 0.05) is 36.8 Å². The Morgan fingerprint density at radius 2 is 1.91 bits per heavy atom. The molecular formula is C24H32BN4O3. The molecule has 2 fully saturated rings. The Balaban J connectivity index is 1.54. The summed E-state index contributed by atoms with van der Waals surface area (Å²) in [7, 11) is 5.44. The smallest absolute Gasteiger partial charge is 0.294 e. The number of anilines is 1. The predicted octanol–water partition coefficient (Wildman–Crippen LogP) is 3.46. The lowest BCUT2D eigenvalue weighted by Crippen LogP contribution is -2.62. The predicted molar refractivity (Wildman–Crippen MR) is 127 cm³/mol. The van der Waals surface area contributed by atoms with Gasteiger partial charge in [-0.15, -0.1) is 10.2 Å². The molecule has 1 unspecified atom stereocenters. The standard InChI is InChI=1S/C24H32BN4O3/c1-17-6-7-19(21(12-17)32-16-31-5)20-8-9-22(27-26-20)28(4)18-13-23(2)10-11-24(3,14-18)29(23)25-15-30/h6-9,12,15,18H,10-11,13-14,16H2,1-5H3/t18?,23-,24+. The van der Waals surface area contributed by atoms with Crippen molar-refractivity contribution < 1.29 is 14.3 Å². The van der Waals surface area contributed by atoms with Crippen molar-refractivity contribution in [3.05, 3.63) is 35.9 Å². The molecule has 2 saturated heterocycles. The van der Waals surface area contributed by atoms with Gasteiger partial charge in [-0.3, -0.25) is 0 Å². The molecule has 0 amide bonds. The van der Waals surface area contributed by atoms with Crippen molar-refractivity contribution in [1.29, 1.82) is 0 Å². The van der Waals surface area contributed by atoms with Gasteiger partial charge in [0.25, 0.3) is 7.41 Å². The zero-order chi connectivity index (χ0) is 22.9. The number of piperidine rings is 1. The number of rotatable bonds is 8. The molecule has 32 heavy (non-hydrogen) atoms. The van der Waals surface area contributed by atoms with Crippen molar-refractivity contribution in [2.75, 3.05) is 25.9 Å². The SMILES string of the molecule is COCOc1cc(C)ccc1-c1ccc(N(C)C2C[C@]3(C)CC[C@](C)(C2)N3[B]C=O)nn1. The number of ether oxygens (including phenoxy) is 2. The number of hydrogen-bond donors (Lipinski definition) is 0. The summed E-state index contributed by atoms with van der Waals surface area (Å²) in [5.74, 6) is 1.59. The van der Waals surface area contributed by atoms with E-state index in [9.17, 15) is 4.79 Å². The Hall–Kier alpha value is -2.45. The Morgan fingerprint density at radius 3 is 2.50 bits per heavy atom. The zero-order valence-electron chi connectivity index (χ0n) is 19.7. The van der Waals surface area contributed by atoms with Crippen LogP contribution in [0.25, 0.3) is 11.3 Å². The van der Waals surface area contributed by atoms with Crippen molar-refractivity contribution >= 4 is 19.4 Å². The van der Waals surface area contributed by atoms with Gasteiger partial charge in [0.05, 0.1) is 11.9 Å². The molecule has 2 bridgehead atoms. The second-order valence-corrected chi connectivity index (χ2v) is 9.65. The van der Waals surface area contributed by atoms with E-state index in [2.05, 4.69) is 40.8 Å². The van der Waals surface area contributed by atoms with E-state index in [1.165, 1.54) is 0 Å². The molecule has 169 valence electrons. The van der Waals surface area contributed by atoms with Gasteiger partial charge < -0.3 is 24.0 Å². The molecular weight excluding hydrogens is 403 g/mol. The summed E-state index contributed by atoms with van der Waals surface area (Å²) < 4.78 is 10.8. The first-order valence-electron chi connectivity index (χ1n) is 11.2. The molecule has 0 N–H and O–H groups in total. The number of aromatic nitrogens is 2. The minimum atomic E-state index is -0.00427. The van der Waals surface area contributed by atoms with E-state index in [-0.39, 0.29) is 17.9 Å². The molecule has 0 saturated carbocycles. The molecule has 1 aromatic carbocycles. The van der Waals surface area contributed by atoms with E-state index in [0.29, 0.717) is 6.04 Å². The number of hydrogen-bond acceptors (Lipinski definition) is 7. The Kier molecular flexibility index (Phi) is 6.27. The van der Waals surface area contributed by atoms with Crippen LogP contribution in [0.4, 0.5) is 5.82 Å². The Labute approximate surface area is 191 Å². The zero-order valence-corrected chi connectivity index (χ0v) is 19.7. The van der Waals surface area contributed by atoms with Crippen LogP contribution in [0.3, 0.4) is 0 Å². The maximum Gasteiger partial charge on any atom is 0.294 e. The molecule has 1 radical (unpaired) electrons. The molecule has 8 heteroatoms. The van der Waals surface area contributed by atoms with E-state index in [0.717, 1.165) is 60.3 Å². The van der Waals surface area contributed by atoms with Gasteiger partial charge in [-0.25, -0.2) is 0 Å². The first kappa shape index (κ1) is 22.7. The van der Waals surface area contributed by atoms with Crippen LogP contribution >= 0.6 is 0 Å². The summed E-state index contributed by atoms with van der Waals surface area (Å²) >= 11 is 0. The average molecular weight is 435 g/mol. The van der Waals surface area contributed by atoms with Crippen LogP contribution in [0.5, 0.6) is 5.75 Å². The molecule has 7 nitrogen and oxygen atoms in total. The molecule has 2 aliphatic heterocycles.